The summed E-state index contributed by atoms with van der Waals surface area (Å²) in [6.07, 6.45) is 0.321. The Morgan fingerprint density at radius 3 is 3.18 bits per heavy atom. The first-order valence-corrected chi connectivity index (χ1v) is 5.76. The van der Waals surface area contributed by atoms with E-state index in [0.717, 1.165) is 11.3 Å². The van der Waals surface area contributed by atoms with Gasteiger partial charge in [0.15, 0.2) is 0 Å². The van der Waals surface area contributed by atoms with E-state index in [-0.39, 0.29) is 6.61 Å². The molecule has 0 aromatic heterocycles. The van der Waals surface area contributed by atoms with E-state index in [0.29, 0.717) is 25.0 Å². The van der Waals surface area contributed by atoms with Crippen LogP contribution in [0.5, 0.6) is 0 Å². The Kier molecular flexibility index (Phi) is 2.30. The monoisotopic (exact) mass is 232 g/mol. The zero-order valence-electron chi connectivity index (χ0n) is 9.37. The maximum absolute atomic E-state index is 14.0. The summed E-state index contributed by atoms with van der Waals surface area (Å²) in [5.74, 6) is 0. The molecular formula is C13H13FN2O. The number of anilines is 1. The number of nitriles is 1. The lowest BCUT2D eigenvalue weighted by molar-refractivity contribution is -0.00544. The average Bonchev–Trinajstić information content (AvgIpc) is 2.71. The molecule has 2 atom stereocenters. The van der Waals surface area contributed by atoms with Gasteiger partial charge in [-0.05, 0) is 30.2 Å². The lowest BCUT2D eigenvalue weighted by Crippen LogP contribution is -2.52. The number of halogens is 1. The third-order valence-electron chi connectivity index (χ3n) is 3.68. The van der Waals surface area contributed by atoms with Crippen molar-refractivity contribution in [3.05, 3.63) is 29.3 Å². The number of hydrogen-bond donors (Lipinski definition) is 1. The van der Waals surface area contributed by atoms with Crippen LogP contribution in [0.4, 0.5) is 10.1 Å². The molecule has 0 saturated carbocycles. The van der Waals surface area contributed by atoms with Crippen LogP contribution < -0.4 is 5.32 Å². The second kappa shape index (κ2) is 3.71. The number of ether oxygens (including phenoxy) is 1. The fourth-order valence-corrected chi connectivity index (χ4v) is 2.68. The van der Waals surface area contributed by atoms with E-state index in [1.54, 1.807) is 6.07 Å². The van der Waals surface area contributed by atoms with Gasteiger partial charge in [-0.25, -0.2) is 4.39 Å². The first-order chi connectivity index (χ1) is 8.23. The Balaban J connectivity index is 1.94. The Morgan fingerprint density at radius 2 is 2.41 bits per heavy atom. The van der Waals surface area contributed by atoms with Gasteiger partial charge in [-0.3, -0.25) is 0 Å². The molecule has 1 spiro atoms. The van der Waals surface area contributed by atoms with Gasteiger partial charge in [-0.2, -0.15) is 5.26 Å². The van der Waals surface area contributed by atoms with E-state index in [4.69, 9.17) is 10.00 Å². The third-order valence-corrected chi connectivity index (χ3v) is 3.68. The second-order valence-corrected chi connectivity index (χ2v) is 4.73. The van der Waals surface area contributed by atoms with Crippen molar-refractivity contribution in [3.63, 3.8) is 0 Å². The minimum Gasteiger partial charge on any atom is -0.378 e. The average molecular weight is 232 g/mol. The van der Waals surface area contributed by atoms with Crippen molar-refractivity contribution in [1.29, 1.82) is 5.26 Å². The van der Waals surface area contributed by atoms with E-state index >= 15 is 0 Å². The van der Waals surface area contributed by atoms with E-state index in [9.17, 15) is 4.39 Å². The van der Waals surface area contributed by atoms with Crippen molar-refractivity contribution in [1.82, 2.24) is 0 Å². The maximum atomic E-state index is 14.0. The van der Waals surface area contributed by atoms with Crippen LogP contribution in [0.2, 0.25) is 0 Å². The number of benzene rings is 1. The molecule has 2 aliphatic rings. The predicted octanol–water partition coefficient (Wildman–Crippen LogP) is 2.02. The molecule has 0 amide bonds. The van der Waals surface area contributed by atoms with Crippen LogP contribution in [0.1, 0.15) is 17.5 Å². The fourth-order valence-electron chi connectivity index (χ4n) is 2.68. The normalized spacial score (nSPS) is 30.7. The largest absolute Gasteiger partial charge is 0.378 e. The number of nitrogens with one attached hydrogen (secondary N) is 1. The summed E-state index contributed by atoms with van der Waals surface area (Å²) in [7, 11) is 0. The van der Waals surface area contributed by atoms with Gasteiger partial charge in [0.2, 0.25) is 0 Å². The van der Waals surface area contributed by atoms with Crippen LogP contribution in [0.25, 0.3) is 0 Å². The zero-order valence-corrected chi connectivity index (χ0v) is 9.37. The van der Waals surface area contributed by atoms with Crippen LogP contribution >= 0.6 is 0 Å². The van der Waals surface area contributed by atoms with Gasteiger partial charge in [0.05, 0.1) is 23.8 Å². The van der Waals surface area contributed by atoms with Crippen molar-refractivity contribution in [2.45, 2.75) is 24.6 Å². The van der Waals surface area contributed by atoms with Crippen LogP contribution in [-0.4, -0.2) is 24.9 Å². The molecule has 2 aliphatic heterocycles. The molecule has 88 valence electrons. The Labute approximate surface area is 99.2 Å². The number of fused-ring (bicyclic) bond motifs is 1. The van der Waals surface area contributed by atoms with E-state index in [1.807, 2.05) is 12.1 Å². The maximum Gasteiger partial charge on any atom is 0.147 e. The van der Waals surface area contributed by atoms with Gasteiger partial charge in [-0.15, -0.1) is 0 Å². The molecule has 1 fully saturated rings. The molecule has 1 saturated heterocycles. The highest BCUT2D eigenvalue weighted by Gasteiger charge is 2.46. The number of alkyl halides is 1. The third kappa shape index (κ3) is 1.58. The highest BCUT2D eigenvalue weighted by atomic mass is 19.1. The molecule has 3 nitrogen and oxygen atoms in total. The SMILES string of the molecule is N#Cc1ccc2c(c1)CC1(CCOCC1F)N2. The van der Waals surface area contributed by atoms with Crippen molar-refractivity contribution < 1.29 is 9.13 Å². The zero-order chi connectivity index (χ0) is 11.9. The molecular weight excluding hydrogens is 219 g/mol. The Bertz CT molecular complexity index is 497. The molecule has 3 rings (SSSR count). The molecule has 0 bridgehead atoms. The first-order valence-electron chi connectivity index (χ1n) is 5.76. The standard InChI is InChI=1S/C13H13FN2O/c14-12-8-17-4-3-13(12)6-10-5-9(7-15)1-2-11(10)16-13/h1-2,5,12,16H,3-4,6,8H2. The summed E-state index contributed by atoms with van der Waals surface area (Å²) in [6.45, 7) is 0.749. The number of rotatable bonds is 0. The first kappa shape index (κ1) is 10.5. The molecule has 0 aliphatic carbocycles. The topological polar surface area (TPSA) is 45.0 Å². The summed E-state index contributed by atoms with van der Waals surface area (Å²) in [4.78, 5) is 0. The summed E-state index contributed by atoms with van der Waals surface area (Å²) in [6, 6.07) is 7.59. The molecule has 1 aromatic rings. The molecule has 2 heterocycles. The molecule has 2 unspecified atom stereocenters. The summed E-state index contributed by atoms with van der Waals surface area (Å²) >= 11 is 0. The van der Waals surface area contributed by atoms with Gasteiger partial charge >= 0.3 is 0 Å². The van der Waals surface area contributed by atoms with E-state index in [2.05, 4.69) is 11.4 Å². The van der Waals surface area contributed by atoms with Gasteiger partial charge in [0, 0.05) is 18.7 Å². The lowest BCUT2D eigenvalue weighted by Gasteiger charge is -2.37. The second-order valence-electron chi connectivity index (χ2n) is 4.73. The van der Waals surface area contributed by atoms with Gasteiger partial charge < -0.3 is 10.1 Å². The Morgan fingerprint density at radius 1 is 1.53 bits per heavy atom. The van der Waals surface area contributed by atoms with Crippen molar-refractivity contribution in [3.8, 4) is 6.07 Å². The molecule has 0 radical (unpaired) electrons. The number of nitrogens with zero attached hydrogens (tertiary/aromatic N) is 1. The van der Waals surface area contributed by atoms with Gasteiger partial charge in [-0.1, -0.05) is 0 Å². The molecule has 4 heteroatoms. The summed E-state index contributed by atoms with van der Waals surface area (Å²) < 4.78 is 19.2. The van der Waals surface area contributed by atoms with Gasteiger partial charge in [0.1, 0.15) is 6.17 Å². The van der Waals surface area contributed by atoms with Crippen LogP contribution in [0.15, 0.2) is 18.2 Å². The smallest absolute Gasteiger partial charge is 0.147 e. The minimum atomic E-state index is -0.991. The highest BCUT2D eigenvalue weighted by molar-refractivity contribution is 5.61. The Hall–Kier alpha value is -1.60. The van der Waals surface area contributed by atoms with Crippen LogP contribution in [0, 0.1) is 11.3 Å². The van der Waals surface area contributed by atoms with Crippen molar-refractivity contribution >= 4 is 5.69 Å². The molecule has 1 aromatic carbocycles. The summed E-state index contributed by atoms with van der Waals surface area (Å²) in [5.41, 5.74) is 2.10. The van der Waals surface area contributed by atoms with Crippen LogP contribution in [0.3, 0.4) is 0 Å². The van der Waals surface area contributed by atoms with E-state index < -0.39 is 11.7 Å². The minimum absolute atomic E-state index is 0.159. The highest BCUT2D eigenvalue weighted by Crippen LogP contribution is 2.40. The van der Waals surface area contributed by atoms with Crippen molar-refractivity contribution in [2.75, 3.05) is 18.5 Å². The summed E-state index contributed by atoms with van der Waals surface area (Å²) in [5, 5.41) is 12.1. The van der Waals surface area contributed by atoms with Crippen molar-refractivity contribution in [2.24, 2.45) is 0 Å². The number of hydrogen-bond acceptors (Lipinski definition) is 3. The predicted molar refractivity (Wildman–Crippen MR) is 61.5 cm³/mol. The van der Waals surface area contributed by atoms with Crippen LogP contribution in [-0.2, 0) is 11.2 Å². The molecule has 17 heavy (non-hydrogen) atoms. The lowest BCUT2D eigenvalue weighted by atomic mass is 9.85. The van der Waals surface area contributed by atoms with E-state index in [1.165, 1.54) is 0 Å². The molecule has 1 N–H and O–H groups in total. The quantitative estimate of drug-likeness (QED) is 0.744. The fraction of sp³-hybridized carbons (Fsp3) is 0.462. The van der Waals surface area contributed by atoms with Gasteiger partial charge in [0.25, 0.3) is 0 Å².